The van der Waals surface area contributed by atoms with E-state index in [0.29, 0.717) is 0 Å². The molecule has 0 unspecified atom stereocenters. The Kier molecular flexibility index (Phi) is 5.80. The van der Waals surface area contributed by atoms with E-state index in [-0.39, 0.29) is 0 Å². The highest BCUT2D eigenvalue weighted by atomic mass is 16.5. The smallest absolute Gasteiger partial charge is 0.123 e. The summed E-state index contributed by atoms with van der Waals surface area (Å²) < 4.78 is 5.57. The molecule has 1 N–H and O–H groups in total. The molecule has 0 spiro atoms. The normalized spacial score (nSPS) is 26.0. The van der Waals surface area contributed by atoms with Crippen LogP contribution in [-0.4, -0.2) is 53.8 Å². The lowest BCUT2D eigenvalue weighted by Gasteiger charge is -2.38. The first kappa shape index (κ1) is 17.7. The highest BCUT2D eigenvalue weighted by Gasteiger charge is 2.31. The molecular formula is C20H32N2O2. The molecule has 2 fully saturated rings. The first-order chi connectivity index (χ1) is 11.6. The van der Waals surface area contributed by atoms with Gasteiger partial charge in [0.05, 0.1) is 12.7 Å². The number of piperidine rings is 1. The number of hydrogen-bond donors (Lipinski definition) is 1. The maximum Gasteiger partial charge on any atom is 0.123 e. The number of rotatable bonds is 6. The molecule has 2 saturated heterocycles. The Labute approximate surface area is 146 Å². The van der Waals surface area contributed by atoms with Gasteiger partial charge >= 0.3 is 0 Å². The quantitative estimate of drug-likeness (QED) is 0.869. The van der Waals surface area contributed by atoms with Crippen LogP contribution in [-0.2, 0) is 13.1 Å². The van der Waals surface area contributed by atoms with E-state index in [1.807, 2.05) is 0 Å². The number of aliphatic hydroxyl groups is 1. The van der Waals surface area contributed by atoms with E-state index in [2.05, 4.69) is 34.9 Å². The van der Waals surface area contributed by atoms with Crippen LogP contribution in [0.1, 0.15) is 50.2 Å². The van der Waals surface area contributed by atoms with Gasteiger partial charge in [-0.25, -0.2) is 0 Å². The Hall–Kier alpha value is -1.10. The van der Waals surface area contributed by atoms with Gasteiger partial charge in [-0.05, 0) is 69.4 Å². The molecule has 0 saturated carbocycles. The summed E-state index contributed by atoms with van der Waals surface area (Å²) in [6.45, 7) is 8.25. The van der Waals surface area contributed by atoms with Gasteiger partial charge in [-0.1, -0.05) is 13.0 Å². The second kappa shape index (κ2) is 7.85. The molecule has 2 aliphatic heterocycles. The molecule has 0 amide bonds. The third kappa shape index (κ3) is 4.29. The number of nitrogens with zero attached hydrogens (tertiary/aromatic N) is 2. The zero-order chi connectivity index (χ0) is 17.0. The van der Waals surface area contributed by atoms with Crippen LogP contribution >= 0.6 is 0 Å². The first-order valence-corrected chi connectivity index (χ1v) is 9.45. The average molecular weight is 332 g/mol. The largest absolute Gasteiger partial charge is 0.496 e. The monoisotopic (exact) mass is 332 g/mol. The summed E-state index contributed by atoms with van der Waals surface area (Å²) in [6.07, 6.45) is 5.48. The van der Waals surface area contributed by atoms with Crippen molar-refractivity contribution in [2.75, 3.05) is 33.3 Å². The van der Waals surface area contributed by atoms with Crippen molar-refractivity contribution in [3.05, 3.63) is 29.3 Å². The Morgan fingerprint density at radius 2 is 1.83 bits per heavy atom. The van der Waals surface area contributed by atoms with Crippen LogP contribution in [0.3, 0.4) is 0 Å². The van der Waals surface area contributed by atoms with Crippen LogP contribution in [0.2, 0.25) is 0 Å². The van der Waals surface area contributed by atoms with Crippen molar-refractivity contribution in [3.8, 4) is 5.75 Å². The predicted molar refractivity (Wildman–Crippen MR) is 97.3 cm³/mol. The molecule has 2 heterocycles. The minimum absolute atomic E-state index is 0.497. The van der Waals surface area contributed by atoms with Gasteiger partial charge in [0.25, 0.3) is 0 Å². The average Bonchev–Trinajstić information content (AvgIpc) is 3.08. The van der Waals surface area contributed by atoms with Crippen molar-refractivity contribution in [3.63, 3.8) is 0 Å². The lowest BCUT2D eigenvalue weighted by atomic mass is 9.90. The molecule has 0 radical (unpaired) electrons. The molecule has 4 heteroatoms. The zero-order valence-corrected chi connectivity index (χ0v) is 15.3. The number of ether oxygens (including phenoxy) is 1. The SMILES string of the molecule is CC[C@]1(O)CCCN(Cc2ccc(OC)c(CN3CCCC3)c2)C1. The summed E-state index contributed by atoms with van der Waals surface area (Å²) >= 11 is 0. The summed E-state index contributed by atoms with van der Waals surface area (Å²) in [5, 5.41) is 10.6. The van der Waals surface area contributed by atoms with Crippen molar-refractivity contribution >= 4 is 0 Å². The Morgan fingerprint density at radius 1 is 1.08 bits per heavy atom. The summed E-state index contributed by atoms with van der Waals surface area (Å²) in [5.74, 6) is 0.995. The van der Waals surface area contributed by atoms with Crippen LogP contribution in [0.5, 0.6) is 5.75 Å². The van der Waals surface area contributed by atoms with Crippen LogP contribution in [0.25, 0.3) is 0 Å². The summed E-state index contributed by atoms with van der Waals surface area (Å²) in [5.41, 5.74) is 2.12. The second-order valence-electron chi connectivity index (χ2n) is 7.52. The zero-order valence-electron chi connectivity index (χ0n) is 15.3. The number of benzene rings is 1. The molecule has 24 heavy (non-hydrogen) atoms. The molecule has 0 aliphatic carbocycles. The van der Waals surface area contributed by atoms with Crippen molar-refractivity contribution in [1.82, 2.24) is 9.80 Å². The van der Waals surface area contributed by atoms with Gasteiger partial charge in [-0.3, -0.25) is 9.80 Å². The van der Waals surface area contributed by atoms with E-state index in [0.717, 1.165) is 51.2 Å². The van der Waals surface area contributed by atoms with Crippen molar-refractivity contribution in [2.24, 2.45) is 0 Å². The van der Waals surface area contributed by atoms with Gasteiger partial charge in [0.1, 0.15) is 5.75 Å². The summed E-state index contributed by atoms with van der Waals surface area (Å²) in [6, 6.07) is 6.58. The van der Waals surface area contributed by atoms with E-state index in [9.17, 15) is 5.11 Å². The fourth-order valence-electron chi connectivity index (χ4n) is 4.12. The number of likely N-dealkylation sites (tertiary alicyclic amines) is 2. The fourth-order valence-corrected chi connectivity index (χ4v) is 4.12. The van der Waals surface area contributed by atoms with E-state index < -0.39 is 5.60 Å². The topological polar surface area (TPSA) is 35.9 Å². The molecule has 1 aromatic carbocycles. The molecule has 4 nitrogen and oxygen atoms in total. The van der Waals surface area contributed by atoms with E-state index in [4.69, 9.17) is 4.74 Å². The van der Waals surface area contributed by atoms with Gasteiger partial charge < -0.3 is 9.84 Å². The Balaban J connectivity index is 1.69. The van der Waals surface area contributed by atoms with Crippen LogP contribution in [0.4, 0.5) is 0 Å². The van der Waals surface area contributed by atoms with Crippen molar-refractivity contribution < 1.29 is 9.84 Å². The third-order valence-electron chi connectivity index (χ3n) is 5.64. The lowest BCUT2D eigenvalue weighted by molar-refractivity contribution is -0.0357. The van der Waals surface area contributed by atoms with Crippen LogP contribution < -0.4 is 4.74 Å². The number of hydrogen-bond acceptors (Lipinski definition) is 4. The van der Waals surface area contributed by atoms with Gasteiger partial charge in [-0.2, -0.15) is 0 Å². The molecule has 134 valence electrons. The number of β-amino-alcohol motifs (C(OH)–C–C–N with tert-alkyl or cyclic N) is 1. The van der Waals surface area contributed by atoms with Gasteiger partial charge in [0.15, 0.2) is 0 Å². The second-order valence-corrected chi connectivity index (χ2v) is 7.52. The molecule has 0 aromatic heterocycles. The molecule has 1 aromatic rings. The van der Waals surface area contributed by atoms with Gasteiger partial charge in [-0.15, -0.1) is 0 Å². The predicted octanol–water partition coefficient (Wildman–Crippen LogP) is 3.03. The van der Waals surface area contributed by atoms with E-state index in [1.165, 1.54) is 37.1 Å². The van der Waals surface area contributed by atoms with E-state index >= 15 is 0 Å². The molecule has 2 aliphatic rings. The van der Waals surface area contributed by atoms with Gasteiger partial charge in [0.2, 0.25) is 0 Å². The molecular weight excluding hydrogens is 300 g/mol. The first-order valence-electron chi connectivity index (χ1n) is 9.45. The standard InChI is InChI=1S/C20H32N2O2/c1-3-20(23)9-6-12-22(16-20)14-17-7-8-19(24-2)18(13-17)15-21-10-4-5-11-21/h7-8,13,23H,3-6,9-12,14-16H2,1-2H3/t20-/m0/s1. The molecule has 3 rings (SSSR count). The van der Waals surface area contributed by atoms with Crippen LogP contribution in [0, 0.1) is 0 Å². The Morgan fingerprint density at radius 3 is 2.54 bits per heavy atom. The maximum atomic E-state index is 10.6. The highest BCUT2D eigenvalue weighted by Crippen LogP contribution is 2.27. The highest BCUT2D eigenvalue weighted by molar-refractivity contribution is 5.37. The maximum absolute atomic E-state index is 10.6. The summed E-state index contributed by atoms with van der Waals surface area (Å²) in [4.78, 5) is 4.91. The van der Waals surface area contributed by atoms with Crippen molar-refractivity contribution in [2.45, 2.75) is 57.7 Å². The third-order valence-corrected chi connectivity index (χ3v) is 5.64. The minimum atomic E-state index is -0.497. The van der Waals surface area contributed by atoms with Crippen molar-refractivity contribution in [1.29, 1.82) is 0 Å². The fraction of sp³-hybridized carbons (Fsp3) is 0.700. The minimum Gasteiger partial charge on any atom is -0.496 e. The lowest BCUT2D eigenvalue weighted by Crippen LogP contribution is -2.47. The molecule has 0 bridgehead atoms. The molecule has 1 atom stereocenters. The summed E-state index contributed by atoms with van der Waals surface area (Å²) in [7, 11) is 1.76. The van der Waals surface area contributed by atoms with Gasteiger partial charge in [0, 0.05) is 25.2 Å². The number of methoxy groups -OCH3 is 1. The van der Waals surface area contributed by atoms with E-state index in [1.54, 1.807) is 7.11 Å². The Bertz CT molecular complexity index is 542. The van der Waals surface area contributed by atoms with Crippen LogP contribution in [0.15, 0.2) is 18.2 Å².